The maximum absolute atomic E-state index is 10.1. The maximum Gasteiger partial charge on any atom is 0.335 e. The van der Waals surface area contributed by atoms with Crippen molar-refractivity contribution in [2.75, 3.05) is 0 Å². The van der Waals surface area contributed by atoms with Gasteiger partial charge in [-0.2, -0.15) is 0 Å². The van der Waals surface area contributed by atoms with E-state index in [9.17, 15) is 9.59 Å². The Bertz CT molecular complexity index is 207. The van der Waals surface area contributed by atoms with Crippen molar-refractivity contribution in [1.29, 1.82) is 0 Å². The Hall–Kier alpha value is -0.701. The van der Waals surface area contributed by atoms with Crippen LogP contribution < -0.4 is 0 Å². The summed E-state index contributed by atoms with van der Waals surface area (Å²) in [5.41, 5.74) is 0. The zero-order chi connectivity index (χ0) is 11.5. The van der Waals surface area contributed by atoms with Crippen molar-refractivity contribution in [3.8, 4) is 0 Å². The second-order valence-corrected chi connectivity index (χ2v) is 2.55. The summed E-state index contributed by atoms with van der Waals surface area (Å²) in [6.07, 6.45) is -9.28. The molecule has 6 N–H and O–H groups in total. The van der Waals surface area contributed by atoms with Crippen molar-refractivity contribution >= 4 is 11.9 Å². The topological polar surface area (TPSA) is 156 Å². The fourth-order valence-electron chi connectivity index (χ4n) is 0.666. The van der Waals surface area contributed by atoms with Gasteiger partial charge in [0, 0.05) is 17.1 Å². The number of aliphatic hydroxyl groups excluding tert-OH is 4. The molecule has 0 aromatic rings. The molecule has 0 amide bonds. The predicted octanol–water partition coefficient (Wildman–Crippen LogP) is -3.40. The van der Waals surface area contributed by atoms with E-state index in [2.05, 4.69) is 0 Å². The molecule has 0 saturated heterocycles. The molecule has 0 spiro atoms. The summed E-state index contributed by atoms with van der Waals surface area (Å²) in [6.45, 7) is 0. The zero-order valence-corrected chi connectivity index (χ0v) is 8.05. The molecule has 8 nitrogen and oxygen atoms in total. The molecule has 0 bridgehead atoms. The van der Waals surface area contributed by atoms with Crippen LogP contribution in [-0.4, -0.2) is 67.0 Å². The van der Waals surface area contributed by atoms with Crippen LogP contribution in [0.5, 0.6) is 0 Å². The fraction of sp³-hybridized carbons (Fsp3) is 0.667. The molecule has 0 aliphatic carbocycles. The number of hydrogen-bond donors (Lipinski definition) is 6. The van der Waals surface area contributed by atoms with Crippen LogP contribution in [0, 0.1) is 0 Å². The van der Waals surface area contributed by atoms with Crippen molar-refractivity contribution in [1.82, 2.24) is 0 Å². The average molecular weight is 274 g/mol. The monoisotopic (exact) mass is 273 g/mol. The van der Waals surface area contributed by atoms with E-state index in [1.165, 1.54) is 0 Å². The van der Waals surface area contributed by atoms with Crippen LogP contribution >= 0.6 is 0 Å². The second kappa shape index (κ2) is 6.72. The number of carboxylic acids is 2. The first kappa shape index (κ1) is 16.7. The number of carboxylic acid groups (broad SMARTS) is 2. The molecular weight excluding hydrogens is 264 g/mol. The first-order valence-electron chi connectivity index (χ1n) is 3.47. The van der Waals surface area contributed by atoms with Crippen molar-refractivity contribution < 1.29 is 57.3 Å². The van der Waals surface area contributed by atoms with E-state index < -0.39 is 36.4 Å². The smallest absolute Gasteiger partial charge is 0.335 e. The third-order valence-corrected chi connectivity index (χ3v) is 1.50. The average Bonchev–Trinajstić information content (AvgIpc) is 2.12. The van der Waals surface area contributed by atoms with Gasteiger partial charge in [-0.15, -0.1) is 0 Å². The third-order valence-electron chi connectivity index (χ3n) is 1.50. The summed E-state index contributed by atoms with van der Waals surface area (Å²) in [5.74, 6) is -3.68. The zero-order valence-electron chi connectivity index (χ0n) is 7.11. The van der Waals surface area contributed by atoms with Gasteiger partial charge in [0.05, 0.1) is 0 Å². The number of carbonyl (C=O) groups is 2. The van der Waals surface area contributed by atoms with E-state index in [4.69, 9.17) is 30.6 Å². The predicted molar refractivity (Wildman–Crippen MR) is 39.3 cm³/mol. The first-order valence-corrected chi connectivity index (χ1v) is 3.47. The van der Waals surface area contributed by atoms with E-state index in [0.717, 1.165) is 0 Å². The minimum Gasteiger partial charge on any atom is -0.479 e. The Morgan fingerprint density at radius 1 is 0.733 bits per heavy atom. The van der Waals surface area contributed by atoms with Gasteiger partial charge in [-0.05, 0) is 0 Å². The Balaban J connectivity index is 0. The van der Waals surface area contributed by atoms with Crippen LogP contribution in [0.15, 0.2) is 0 Å². The van der Waals surface area contributed by atoms with Gasteiger partial charge in [-0.1, -0.05) is 0 Å². The summed E-state index contributed by atoms with van der Waals surface area (Å²) < 4.78 is 0. The van der Waals surface area contributed by atoms with Crippen LogP contribution in [-0.2, 0) is 26.7 Å². The van der Waals surface area contributed by atoms with Crippen LogP contribution in [0.1, 0.15) is 0 Å². The molecule has 0 unspecified atom stereocenters. The van der Waals surface area contributed by atoms with Crippen LogP contribution in [0.3, 0.4) is 0 Å². The Labute approximate surface area is 94.2 Å². The quantitative estimate of drug-likeness (QED) is 0.283. The largest absolute Gasteiger partial charge is 0.479 e. The fourth-order valence-corrected chi connectivity index (χ4v) is 0.666. The van der Waals surface area contributed by atoms with Gasteiger partial charge in [0.25, 0.3) is 0 Å². The van der Waals surface area contributed by atoms with E-state index in [0.29, 0.717) is 0 Å². The minimum absolute atomic E-state index is 0. The molecule has 0 fully saturated rings. The van der Waals surface area contributed by atoms with E-state index in [1.54, 1.807) is 0 Å². The number of rotatable bonds is 5. The van der Waals surface area contributed by atoms with Crippen molar-refractivity contribution in [3.63, 3.8) is 0 Å². The number of aliphatic hydroxyl groups is 4. The Morgan fingerprint density at radius 3 is 1.07 bits per heavy atom. The second-order valence-electron chi connectivity index (χ2n) is 2.55. The third kappa shape index (κ3) is 4.56. The molecule has 0 aromatic heterocycles. The van der Waals surface area contributed by atoms with Gasteiger partial charge in [-0.3, -0.25) is 0 Å². The Morgan fingerprint density at radius 2 is 0.933 bits per heavy atom. The molecule has 0 heterocycles. The molecule has 0 aliphatic rings. The normalized spacial score (nSPS) is 18.1. The van der Waals surface area contributed by atoms with Crippen molar-refractivity contribution in [3.05, 3.63) is 0 Å². The Kier molecular flexibility index (Phi) is 7.49. The van der Waals surface area contributed by atoms with Crippen molar-refractivity contribution in [2.45, 2.75) is 24.4 Å². The molecule has 4 atom stereocenters. The molecule has 93 valence electrons. The molecule has 1 radical (unpaired) electrons. The molecular formula is C6H10CuO8. The van der Waals surface area contributed by atoms with Crippen LogP contribution in [0.2, 0.25) is 0 Å². The molecule has 15 heavy (non-hydrogen) atoms. The summed E-state index contributed by atoms with van der Waals surface area (Å²) in [6, 6.07) is 0. The van der Waals surface area contributed by atoms with E-state index >= 15 is 0 Å². The summed E-state index contributed by atoms with van der Waals surface area (Å²) in [7, 11) is 0. The molecule has 0 rings (SSSR count). The van der Waals surface area contributed by atoms with Gasteiger partial charge >= 0.3 is 11.9 Å². The van der Waals surface area contributed by atoms with E-state index in [-0.39, 0.29) is 17.1 Å². The van der Waals surface area contributed by atoms with Crippen LogP contribution in [0.25, 0.3) is 0 Å². The van der Waals surface area contributed by atoms with Crippen LogP contribution in [0.4, 0.5) is 0 Å². The number of aliphatic carboxylic acids is 2. The SMILES string of the molecule is O=C(O)[C@H](O)[C@H](O)[C@@H](O)[C@@H](O)C(=O)O.[Cu]. The summed E-state index contributed by atoms with van der Waals surface area (Å²) in [5, 5.41) is 51.5. The van der Waals surface area contributed by atoms with Crippen molar-refractivity contribution in [2.24, 2.45) is 0 Å². The molecule has 9 heteroatoms. The summed E-state index contributed by atoms with van der Waals surface area (Å²) >= 11 is 0. The molecule has 0 aliphatic heterocycles. The van der Waals surface area contributed by atoms with Gasteiger partial charge < -0.3 is 30.6 Å². The first-order chi connectivity index (χ1) is 6.29. The minimum atomic E-state index is -2.36. The standard InChI is InChI=1S/C6H10O8.Cu/c7-1(3(9)5(11)12)2(8)4(10)6(13)14;/h1-4,7-10H,(H,11,12)(H,13,14);/t1-,2-,3-,4-;/m1./s1. The van der Waals surface area contributed by atoms with Gasteiger partial charge in [-0.25, -0.2) is 9.59 Å². The van der Waals surface area contributed by atoms with Gasteiger partial charge in [0.1, 0.15) is 12.2 Å². The maximum atomic E-state index is 10.1. The van der Waals surface area contributed by atoms with Gasteiger partial charge in [0.2, 0.25) is 0 Å². The summed E-state index contributed by atoms with van der Waals surface area (Å²) in [4.78, 5) is 20.2. The molecule has 0 saturated carbocycles. The van der Waals surface area contributed by atoms with Gasteiger partial charge in [0.15, 0.2) is 12.2 Å². The molecule has 0 aromatic carbocycles. The van der Waals surface area contributed by atoms with E-state index in [1.807, 2.05) is 0 Å². The number of hydrogen-bond acceptors (Lipinski definition) is 6.